The minimum Gasteiger partial charge on any atom is -0.478 e. The van der Waals surface area contributed by atoms with Gasteiger partial charge in [0.05, 0.1) is 5.56 Å². The summed E-state index contributed by atoms with van der Waals surface area (Å²) in [4.78, 5) is 23.6. The number of hydrogen-bond acceptors (Lipinski definition) is 4. The molecule has 0 amide bonds. The summed E-state index contributed by atoms with van der Waals surface area (Å²) < 4.78 is 18.4. The zero-order valence-electron chi connectivity index (χ0n) is 16.5. The Hall–Kier alpha value is -1.69. The van der Waals surface area contributed by atoms with Crippen molar-refractivity contribution >= 4 is 22.7 Å². The second-order valence-corrected chi connectivity index (χ2v) is 9.73. The van der Waals surface area contributed by atoms with Gasteiger partial charge in [-0.3, -0.25) is 9.00 Å². The van der Waals surface area contributed by atoms with Crippen molar-refractivity contribution < 1.29 is 23.6 Å². The molecule has 1 aliphatic carbocycles. The van der Waals surface area contributed by atoms with E-state index in [1.54, 1.807) is 19.1 Å². The molecule has 1 saturated carbocycles. The van der Waals surface area contributed by atoms with Crippen molar-refractivity contribution in [2.45, 2.75) is 64.1 Å². The van der Waals surface area contributed by atoms with Crippen LogP contribution < -0.4 is 0 Å². The molecule has 0 radical (unpaired) electrons. The summed E-state index contributed by atoms with van der Waals surface area (Å²) in [5.41, 5.74) is 0.787. The van der Waals surface area contributed by atoms with Gasteiger partial charge in [0.15, 0.2) is 0 Å². The van der Waals surface area contributed by atoms with E-state index < -0.39 is 28.0 Å². The highest BCUT2D eigenvalue weighted by molar-refractivity contribution is 7.85. The highest BCUT2D eigenvalue weighted by Crippen LogP contribution is 2.35. The van der Waals surface area contributed by atoms with Gasteiger partial charge in [0.1, 0.15) is 11.4 Å². The molecule has 6 heteroatoms. The van der Waals surface area contributed by atoms with Crippen molar-refractivity contribution in [2.24, 2.45) is 17.8 Å². The average molecular weight is 395 g/mol. The molecular weight excluding hydrogens is 364 g/mol. The minimum absolute atomic E-state index is 0.115. The molecule has 5 unspecified atom stereocenters. The lowest BCUT2D eigenvalue weighted by Crippen LogP contribution is -2.38. The Morgan fingerprint density at radius 2 is 1.96 bits per heavy atom. The maximum absolute atomic E-state index is 12.6. The van der Waals surface area contributed by atoms with Crippen molar-refractivity contribution in [3.05, 3.63) is 35.4 Å². The van der Waals surface area contributed by atoms with Crippen molar-refractivity contribution in [1.82, 2.24) is 0 Å². The lowest BCUT2D eigenvalue weighted by atomic mass is 9.75. The second kappa shape index (κ2) is 9.49. The van der Waals surface area contributed by atoms with Crippen molar-refractivity contribution in [1.29, 1.82) is 0 Å². The maximum Gasteiger partial charge on any atom is 0.335 e. The van der Waals surface area contributed by atoms with Gasteiger partial charge in [-0.25, -0.2) is 4.79 Å². The number of aromatic carboxylic acids is 1. The zero-order valence-corrected chi connectivity index (χ0v) is 17.3. The van der Waals surface area contributed by atoms with Gasteiger partial charge in [-0.05, 0) is 55.2 Å². The van der Waals surface area contributed by atoms with Gasteiger partial charge in [0.25, 0.3) is 0 Å². The highest BCUT2D eigenvalue weighted by Gasteiger charge is 2.35. The van der Waals surface area contributed by atoms with Crippen LogP contribution in [0.1, 0.15) is 62.9 Å². The van der Waals surface area contributed by atoms with Gasteiger partial charge in [-0.1, -0.05) is 39.3 Å². The Labute approximate surface area is 164 Å². The summed E-state index contributed by atoms with van der Waals surface area (Å²) in [6, 6.07) is 6.33. The number of hydrogen-bond donors (Lipinski definition) is 1. The lowest BCUT2D eigenvalue weighted by molar-refractivity contribution is -0.154. The van der Waals surface area contributed by atoms with Crippen LogP contribution in [0.15, 0.2) is 24.3 Å². The lowest BCUT2D eigenvalue weighted by Gasteiger charge is -2.37. The summed E-state index contributed by atoms with van der Waals surface area (Å²) in [5, 5.41) is 8.32. The summed E-state index contributed by atoms with van der Waals surface area (Å²) in [5.74, 6) is -0.00883. The van der Waals surface area contributed by atoms with Gasteiger partial charge in [0, 0.05) is 16.6 Å². The molecule has 0 bridgehead atoms. The Kier molecular flexibility index (Phi) is 7.59. The molecule has 5 nitrogen and oxygen atoms in total. The average Bonchev–Trinajstić information content (AvgIpc) is 2.60. The van der Waals surface area contributed by atoms with Crippen LogP contribution in [-0.4, -0.2) is 32.6 Å². The summed E-state index contributed by atoms with van der Waals surface area (Å²) >= 11 is 0. The fourth-order valence-corrected chi connectivity index (χ4v) is 4.71. The van der Waals surface area contributed by atoms with Crippen LogP contribution in [0.2, 0.25) is 0 Å². The summed E-state index contributed by atoms with van der Waals surface area (Å²) in [7, 11) is -1.47. The quantitative estimate of drug-likeness (QED) is 0.706. The van der Waals surface area contributed by atoms with E-state index in [0.29, 0.717) is 23.3 Å². The molecule has 5 atom stereocenters. The second-order valence-electron chi connectivity index (χ2n) is 7.97. The van der Waals surface area contributed by atoms with Gasteiger partial charge in [-0.2, -0.15) is 0 Å². The number of carbonyl (C=O) groups excluding carboxylic acids is 1. The Morgan fingerprint density at radius 1 is 1.26 bits per heavy atom. The fourth-order valence-electron chi connectivity index (χ4n) is 3.69. The number of carboxylic acids is 1. The van der Waals surface area contributed by atoms with E-state index in [2.05, 4.69) is 20.8 Å². The molecule has 2 rings (SSSR count). The minimum atomic E-state index is -1.47. The van der Waals surface area contributed by atoms with Gasteiger partial charge in [-0.15, -0.1) is 0 Å². The largest absolute Gasteiger partial charge is 0.478 e. The number of carbonyl (C=O) groups is 2. The Morgan fingerprint density at radius 3 is 2.59 bits per heavy atom. The van der Waals surface area contributed by atoms with Crippen molar-refractivity contribution in [2.75, 3.05) is 0 Å². The van der Waals surface area contributed by atoms with Crippen LogP contribution in [0.4, 0.5) is 0 Å². The number of rotatable bonds is 7. The standard InChI is InChI=1S/C21H30O5S/c1-13(2)18-9-8-14(3)10-19(18)26-21(24)15(4)27(25)12-16-6-5-7-17(11-16)20(22)23/h5-7,11,13-15,18-19H,8-10,12H2,1-4H3,(H,22,23). The SMILES string of the molecule is CC1CCC(C(C)C)C(OC(=O)C(C)S(=O)Cc2cccc(C(=O)O)c2)C1. The highest BCUT2D eigenvalue weighted by atomic mass is 32.2. The first-order valence-electron chi connectivity index (χ1n) is 9.59. The summed E-state index contributed by atoms with van der Waals surface area (Å²) in [6.45, 7) is 8.10. The first-order chi connectivity index (χ1) is 12.7. The van der Waals surface area contributed by atoms with E-state index in [4.69, 9.17) is 9.84 Å². The van der Waals surface area contributed by atoms with Crippen LogP contribution in [0, 0.1) is 17.8 Å². The molecule has 0 spiro atoms. The Balaban J connectivity index is 2.00. The van der Waals surface area contributed by atoms with Crippen LogP contribution >= 0.6 is 0 Å². The molecule has 150 valence electrons. The zero-order chi connectivity index (χ0) is 20.1. The van der Waals surface area contributed by atoms with E-state index in [9.17, 15) is 13.8 Å². The van der Waals surface area contributed by atoms with Gasteiger partial charge >= 0.3 is 11.9 Å². The molecule has 0 heterocycles. The first kappa shape index (κ1) is 21.6. The third-order valence-electron chi connectivity index (χ3n) is 5.44. The molecule has 1 aromatic carbocycles. The van der Waals surface area contributed by atoms with E-state index in [1.165, 1.54) is 12.1 Å². The van der Waals surface area contributed by atoms with E-state index in [1.807, 2.05) is 0 Å². The van der Waals surface area contributed by atoms with Crippen LogP contribution in [0.3, 0.4) is 0 Å². The van der Waals surface area contributed by atoms with Gasteiger partial charge in [0.2, 0.25) is 0 Å². The molecule has 1 aromatic rings. The smallest absolute Gasteiger partial charge is 0.335 e. The summed E-state index contributed by atoms with van der Waals surface area (Å²) in [6.07, 6.45) is 2.94. The molecule has 0 saturated heterocycles. The van der Waals surface area contributed by atoms with Crippen molar-refractivity contribution in [3.8, 4) is 0 Å². The van der Waals surface area contributed by atoms with Crippen molar-refractivity contribution in [3.63, 3.8) is 0 Å². The number of ether oxygens (including phenoxy) is 1. The monoisotopic (exact) mass is 394 g/mol. The molecular formula is C21H30O5S. The predicted octanol–water partition coefficient (Wildman–Crippen LogP) is 4.03. The maximum atomic E-state index is 12.6. The number of benzene rings is 1. The van der Waals surface area contributed by atoms with E-state index in [-0.39, 0.29) is 17.4 Å². The molecule has 1 fully saturated rings. The molecule has 27 heavy (non-hydrogen) atoms. The number of esters is 1. The van der Waals surface area contributed by atoms with Crippen LogP contribution in [-0.2, 0) is 26.1 Å². The Bertz CT molecular complexity index is 700. The fraction of sp³-hybridized carbons (Fsp3) is 0.619. The normalized spacial score (nSPS) is 25.0. The molecule has 0 aromatic heterocycles. The topological polar surface area (TPSA) is 80.7 Å². The first-order valence-corrected chi connectivity index (χ1v) is 11.0. The molecule has 1 aliphatic rings. The van der Waals surface area contributed by atoms with Crippen LogP contribution in [0.25, 0.3) is 0 Å². The third-order valence-corrected chi connectivity index (χ3v) is 7.04. The third kappa shape index (κ3) is 5.89. The van der Waals surface area contributed by atoms with Gasteiger partial charge < -0.3 is 9.84 Å². The predicted molar refractivity (Wildman–Crippen MR) is 106 cm³/mol. The molecule has 1 N–H and O–H groups in total. The van der Waals surface area contributed by atoms with Crippen LogP contribution in [0.5, 0.6) is 0 Å². The molecule has 0 aliphatic heterocycles. The number of carboxylic acid groups (broad SMARTS) is 1. The van der Waals surface area contributed by atoms with E-state index in [0.717, 1.165) is 19.3 Å². The van der Waals surface area contributed by atoms with E-state index >= 15 is 0 Å².